The first-order chi connectivity index (χ1) is 19.7. The first kappa shape index (κ1) is 24.4. The molecule has 1 aliphatic carbocycles. The molecule has 7 rings (SSSR count). The van der Waals surface area contributed by atoms with Crippen LogP contribution in [0.25, 0.3) is 60.5 Å². The normalized spacial score (nSPS) is 13.1. The third kappa shape index (κ3) is 4.36. The van der Waals surface area contributed by atoms with Gasteiger partial charge in [0.2, 0.25) is 0 Å². The van der Waals surface area contributed by atoms with Gasteiger partial charge in [-0.1, -0.05) is 139 Å². The number of hydrogen-bond acceptors (Lipinski definition) is 0. The van der Waals surface area contributed by atoms with Crippen molar-refractivity contribution in [3.63, 3.8) is 0 Å². The standard InChI is InChI=1S/C40H32/c1-27-13-16-32(17-14-27)39-36-24-22-34(30-11-7-4-8-12-30)26-38(36)37-25-28(2)15-23-35(37)40(39)33-20-18-31(19-21-33)29-9-5-3-6-10-29/h3,5-7,9-26H,4,8H2,1-2H3. The summed E-state index contributed by atoms with van der Waals surface area (Å²) in [6.07, 6.45) is 9.18. The van der Waals surface area contributed by atoms with Gasteiger partial charge in [-0.25, -0.2) is 0 Å². The molecule has 40 heavy (non-hydrogen) atoms. The van der Waals surface area contributed by atoms with E-state index in [-0.39, 0.29) is 0 Å². The van der Waals surface area contributed by atoms with E-state index in [2.05, 4.69) is 147 Å². The van der Waals surface area contributed by atoms with Crippen molar-refractivity contribution in [1.29, 1.82) is 0 Å². The first-order valence-electron chi connectivity index (χ1n) is 14.3. The third-order valence-electron chi connectivity index (χ3n) is 8.22. The molecule has 6 aromatic carbocycles. The first-order valence-corrected chi connectivity index (χ1v) is 14.3. The molecular formula is C40H32. The smallest absolute Gasteiger partial charge is 0.00203 e. The fourth-order valence-electron chi connectivity index (χ4n) is 6.14. The molecule has 0 spiro atoms. The quantitative estimate of drug-likeness (QED) is 0.206. The summed E-state index contributed by atoms with van der Waals surface area (Å²) in [5, 5.41) is 5.23. The summed E-state index contributed by atoms with van der Waals surface area (Å²) in [7, 11) is 0. The molecule has 0 heteroatoms. The fraction of sp³-hybridized carbons (Fsp3) is 0.100. The Balaban J connectivity index is 1.54. The predicted molar refractivity (Wildman–Crippen MR) is 174 cm³/mol. The summed E-state index contributed by atoms with van der Waals surface area (Å²) in [6, 6.07) is 42.8. The second kappa shape index (κ2) is 10.1. The Hall–Kier alpha value is -4.68. The van der Waals surface area contributed by atoms with Crippen molar-refractivity contribution in [1.82, 2.24) is 0 Å². The summed E-state index contributed by atoms with van der Waals surface area (Å²) in [6.45, 7) is 4.36. The van der Waals surface area contributed by atoms with E-state index in [9.17, 15) is 0 Å². The van der Waals surface area contributed by atoms with Crippen LogP contribution in [0.1, 0.15) is 29.5 Å². The molecule has 0 atom stereocenters. The van der Waals surface area contributed by atoms with Gasteiger partial charge in [0.1, 0.15) is 0 Å². The summed E-state index contributed by atoms with van der Waals surface area (Å²) in [5.74, 6) is 0. The van der Waals surface area contributed by atoms with E-state index >= 15 is 0 Å². The predicted octanol–water partition coefficient (Wildman–Crippen LogP) is 11.3. The zero-order chi connectivity index (χ0) is 27.1. The van der Waals surface area contributed by atoms with Crippen molar-refractivity contribution in [2.75, 3.05) is 0 Å². The molecule has 0 saturated heterocycles. The molecule has 0 nitrogen and oxygen atoms in total. The minimum Gasteiger partial charge on any atom is -0.0836 e. The van der Waals surface area contributed by atoms with Crippen LogP contribution in [0, 0.1) is 13.8 Å². The highest BCUT2D eigenvalue weighted by Gasteiger charge is 2.19. The van der Waals surface area contributed by atoms with Gasteiger partial charge < -0.3 is 0 Å². The molecule has 0 saturated carbocycles. The van der Waals surface area contributed by atoms with Crippen LogP contribution in [0.2, 0.25) is 0 Å². The van der Waals surface area contributed by atoms with Crippen LogP contribution in [0.4, 0.5) is 0 Å². The van der Waals surface area contributed by atoms with Crippen LogP contribution in [-0.2, 0) is 0 Å². The van der Waals surface area contributed by atoms with Gasteiger partial charge in [0.25, 0.3) is 0 Å². The number of benzene rings is 6. The summed E-state index contributed by atoms with van der Waals surface area (Å²) in [5.41, 5.74) is 12.8. The van der Waals surface area contributed by atoms with E-state index in [0.717, 1.165) is 12.8 Å². The topological polar surface area (TPSA) is 0 Å². The molecule has 192 valence electrons. The lowest BCUT2D eigenvalue weighted by Crippen LogP contribution is -1.94. The van der Waals surface area contributed by atoms with Crippen LogP contribution in [0.15, 0.2) is 133 Å². The zero-order valence-electron chi connectivity index (χ0n) is 23.1. The van der Waals surface area contributed by atoms with Gasteiger partial charge in [0, 0.05) is 0 Å². The third-order valence-corrected chi connectivity index (χ3v) is 8.22. The highest BCUT2D eigenvalue weighted by molar-refractivity contribution is 6.22. The summed E-state index contributed by atoms with van der Waals surface area (Å²) in [4.78, 5) is 0. The molecule has 0 bridgehead atoms. The van der Waals surface area contributed by atoms with Crippen molar-refractivity contribution in [2.24, 2.45) is 0 Å². The minimum absolute atomic E-state index is 1.11. The molecule has 0 heterocycles. The maximum Gasteiger partial charge on any atom is -0.00203 e. The van der Waals surface area contributed by atoms with Crippen LogP contribution in [-0.4, -0.2) is 0 Å². The van der Waals surface area contributed by atoms with E-state index in [0.29, 0.717) is 0 Å². The van der Waals surface area contributed by atoms with Crippen molar-refractivity contribution in [3.8, 4) is 33.4 Å². The second-order valence-electron chi connectivity index (χ2n) is 11.0. The molecule has 0 N–H and O–H groups in total. The van der Waals surface area contributed by atoms with Gasteiger partial charge in [0.15, 0.2) is 0 Å². The van der Waals surface area contributed by atoms with Gasteiger partial charge in [-0.3, -0.25) is 0 Å². The molecule has 0 unspecified atom stereocenters. The number of rotatable bonds is 4. The number of hydrogen-bond donors (Lipinski definition) is 0. The fourth-order valence-corrected chi connectivity index (χ4v) is 6.14. The average molecular weight is 513 g/mol. The maximum absolute atomic E-state index is 2.42. The Morgan fingerprint density at radius 1 is 0.425 bits per heavy atom. The van der Waals surface area contributed by atoms with Gasteiger partial charge in [-0.15, -0.1) is 0 Å². The molecule has 1 aliphatic rings. The van der Waals surface area contributed by atoms with Crippen LogP contribution in [0.5, 0.6) is 0 Å². The number of fused-ring (bicyclic) bond motifs is 3. The van der Waals surface area contributed by atoms with E-state index in [1.165, 1.54) is 77.2 Å². The SMILES string of the molecule is Cc1ccc(-c2c(-c3ccc(-c4ccccc4)cc3)c3ccc(C)cc3c3cc(C4=CCCC=C4)ccc23)cc1. The highest BCUT2D eigenvalue weighted by atomic mass is 14.2. The zero-order valence-corrected chi connectivity index (χ0v) is 23.1. The van der Waals surface area contributed by atoms with Crippen molar-refractivity contribution in [3.05, 3.63) is 150 Å². The van der Waals surface area contributed by atoms with Crippen LogP contribution in [0.3, 0.4) is 0 Å². The number of allylic oxidation sites excluding steroid dienone is 4. The minimum atomic E-state index is 1.11. The lowest BCUT2D eigenvalue weighted by Gasteiger charge is -2.20. The molecule has 0 aliphatic heterocycles. The van der Waals surface area contributed by atoms with Gasteiger partial charge in [-0.2, -0.15) is 0 Å². The van der Waals surface area contributed by atoms with Crippen LogP contribution >= 0.6 is 0 Å². The molecule has 0 fully saturated rings. The van der Waals surface area contributed by atoms with Gasteiger partial charge >= 0.3 is 0 Å². The summed E-state index contributed by atoms with van der Waals surface area (Å²) >= 11 is 0. The lowest BCUT2D eigenvalue weighted by molar-refractivity contribution is 1.04. The molecule has 0 radical (unpaired) electrons. The van der Waals surface area contributed by atoms with E-state index in [1.54, 1.807) is 0 Å². The van der Waals surface area contributed by atoms with E-state index < -0.39 is 0 Å². The lowest BCUT2D eigenvalue weighted by atomic mass is 9.83. The second-order valence-corrected chi connectivity index (χ2v) is 11.0. The highest BCUT2D eigenvalue weighted by Crippen LogP contribution is 2.45. The van der Waals surface area contributed by atoms with Gasteiger partial charge in [-0.05, 0) is 98.8 Å². The molecule has 6 aromatic rings. The largest absolute Gasteiger partial charge is 0.0836 e. The Labute approximate surface area is 237 Å². The molecular weight excluding hydrogens is 480 g/mol. The van der Waals surface area contributed by atoms with Gasteiger partial charge in [0.05, 0.1) is 0 Å². The Kier molecular flexibility index (Phi) is 6.17. The Morgan fingerprint density at radius 2 is 0.975 bits per heavy atom. The number of aryl methyl sites for hydroxylation is 2. The Morgan fingerprint density at radius 3 is 1.65 bits per heavy atom. The van der Waals surface area contributed by atoms with Crippen molar-refractivity contribution >= 4 is 27.1 Å². The monoisotopic (exact) mass is 512 g/mol. The molecule has 0 aromatic heterocycles. The van der Waals surface area contributed by atoms with E-state index in [1.807, 2.05) is 0 Å². The van der Waals surface area contributed by atoms with Crippen molar-refractivity contribution in [2.45, 2.75) is 26.7 Å². The molecule has 0 amide bonds. The van der Waals surface area contributed by atoms with Crippen molar-refractivity contribution < 1.29 is 0 Å². The average Bonchev–Trinajstić information content (AvgIpc) is 3.02. The Bertz CT molecular complexity index is 1920. The summed E-state index contributed by atoms with van der Waals surface area (Å²) < 4.78 is 0. The van der Waals surface area contributed by atoms with E-state index in [4.69, 9.17) is 0 Å². The maximum atomic E-state index is 2.42. The van der Waals surface area contributed by atoms with Crippen LogP contribution < -0.4 is 0 Å².